The van der Waals surface area contributed by atoms with Crippen molar-refractivity contribution >= 4 is 17.5 Å². The number of fused-ring (bicyclic) bond motifs is 1. The number of rotatable bonds is 4. The molecule has 0 radical (unpaired) electrons. The number of anilines is 1. The van der Waals surface area contributed by atoms with Gasteiger partial charge in [0.25, 0.3) is 0 Å². The lowest BCUT2D eigenvalue weighted by molar-refractivity contribution is -0.136. The molecule has 2 aliphatic rings. The lowest BCUT2D eigenvalue weighted by atomic mass is 10.1. The average Bonchev–Trinajstić information content (AvgIpc) is 3.08. The Morgan fingerprint density at radius 3 is 2.36 bits per heavy atom. The van der Waals surface area contributed by atoms with Crippen molar-refractivity contribution in [1.82, 2.24) is 9.80 Å². The van der Waals surface area contributed by atoms with Crippen LogP contribution < -0.4 is 5.32 Å². The van der Waals surface area contributed by atoms with E-state index in [0.717, 1.165) is 31.6 Å². The Bertz CT molecular complexity index is 648. The standard InChI is InChI=1S/C20H29N3O2/c1-14(2)20(25)23-11-9-22(10-12-23)15(3)19(24)21-18-8-7-16-5-4-6-17(16)13-18/h7-8,13-15H,4-6,9-12H2,1-3H3,(H,21,24). The number of nitrogens with one attached hydrogen (secondary N) is 1. The molecular formula is C20H29N3O2. The lowest BCUT2D eigenvalue weighted by Crippen LogP contribution is -2.54. The Morgan fingerprint density at radius 2 is 1.68 bits per heavy atom. The maximum Gasteiger partial charge on any atom is 0.241 e. The van der Waals surface area contributed by atoms with E-state index in [1.165, 1.54) is 17.5 Å². The van der Waals surface area contributed by atoms with Gasteiger partial charge in [-0.1, -0.05) is 19.9 Å². The minimum atomic E-state index is -0.190. The van der Waals surface area contributed by atoms with E-state index in [2.05, 4.69) is 22.3 Å². The summed E-state index contributed by atoms with van der Waals surface area (Å²) < 4.78 is 0. The van der Waals surface area contributed by atoms with Crippen molar-refractivity contribution in [1.29, 1.82) is 0 Å². The summed E-state index contributed by atoms with van der Waals surface area (Å²) in [6, 6.07) is 6.07. The van der Waals surface area contributed by atoms with Crippen LogP contribution in [-0.2, 0) is 22.4 Å². The smallest absolute Gasteiger partial charge is 0.241 e. The first-order chi connectivity index (χ1) is 12.0. The molecule has 1 saturated heterocycles. The monoisotopic (exact) mass is 343 g/mol. The van der Waals surface area contributed by atoms with Gasteiger partial charge >= 0.3 is 0 Å². The zero-order chi connectivity index (χ0) is 18.0. The molecule has 2 amide bonds. The molecule has 1 unspecified atom stereocenters. The van der Waals surface area contributed by atoms with Gasteiger partial charge in [0.1, 0.15) is 0 Å². The summed E-state index contributed by atoms with van der Waals surface area (Å²) in [6.45, 7) is 8.71. The molecule has 3 rings (SSSR count). The molecular weight excluding hydrogens is 314 g/mol. The molecule has 1 atom stereocenters. The Kier molecular flexibility index (Phi) is 5.42. The highest BCUT2D eigenvalue weighted by Gasteiger charge is 2.28. The van der Waals surface area contributed by atoms with Gasteiger partial charge in [-0.15, -0.1) is 0 Å². The minimum absolute atomic E-state index is 0.0292. The van der Waals surface area contributed by atoms with Crippen LogP contribution in [0.3, 0.4) is 0 Å². The third kappa shape index (κ3) is 4.03. The Morgan fingerprint density at radius 1 is 1.00 bits per heavy atom. The van der Waals surface area contributed by atoms with Crippen molar-refractivity contribution in [2.45, 2.75) is 46.1 Å². The van der Waals surface area contributed by atoms with Crippen molar-refractivity contribution in [3.8, 4) is 0 Å². The topological polar surface area (TPSA) is 52.7 Å². The molecule has 0 aromatic heterocycles. The third-order valence-corrected chi connectivity index (χ3v) is 5.41. The lowest BCUT2D eigenvalue weighted by Gasteiger charge is -2.38. The van der Waals surface area contributed by atoms with Gasteiger partial charge in [-0.25, -0.2) is 0 Å². The second-order valence-electron chi connectivity index (χ2n) is 7.52. The number of carbonyl (C=O) groups is 2. The van der Waals surface area contributed by atoms with Gasteiger partial charge in [-0.05, 0) is 49.4 Å². The van der Waals surface area contributed by atoms with E-state index in [4.69, 9.17) is 0 Å². The Balaban J connectivity index is 1.54. The molecule has 1 heterocycles. The van der Waals surface area contributed by atoms with E-state index in [0.29, 0.717) is 13.1 Å². The van der Waals surface area contributed by atoms with Gasteiger partial charge in [-0.2, -0.15) is 0 Å². The first-order valence-electron chi connectivity index (χ1n) is 9.41. The molecule has 0 saturated carbocycles. The number of aryl methyl sites for hydroxylation is 2. The molecule has 0 bridgehead atoms. The van der Waals surface area contributed by atoms with Gasteiger partial charge in [-0.3, -0.25) is 14.5 Å². The van der Waals surface area contributed by atoms with Crippen molar-refractivity contribution in [2.24, 2.45) is 5.92 Å². The van der Waals surface area contributed by atoms with E-state index in [-0.39, 0.29) is 23.8 Å². The summed E-state index contributed by atoms with van der Waals surface area (Å²) in [5.74, 6) is 0.267. The van der Waals surface area contributed by atoms with E-state index in [1.807, 2.05) is 31.7 Å². The molecule has 1 fully saturated rings. The fourth-order valence-electron chi connectivity index (χ4n) is 3.76. The van der Waals surface area contributed by atoms with Crippen LogP contribution in [0.15, 0.2) is 18.2 Å². The van der Waals surface area contributed by atoms with Crippen LogP contribution in [0, 0.1) is 5.92 Å². The number of hydrogen-bond acceptors (Lipinski definition) is 3. The predicted molar refractivity (Wildman–Crippen MR) is 99.5 cm³/mol. The fourth-order valence-corrected chi connectivity index (χ4v) is 3.76. The molecule has 1 aromatic carbocycles. The maximum absolute atomic E-state index is 12.6. The van der Waals surface area contributed by atoms with E-state index < -0.39 is 0 Å². The van der Waals surface area contributed by atoms with Crippen molar-refractivity contribution in [2.75, 3.05) is 31.5 Å². The van der Waals surface area contributed by atoms with Gasteiger partial charge in [0, 0.05) is 37.8 Å². The second kappa shape index (κ2) is 7.56. The number of carbonyl (C=O) groups excluding carboxylic acids is 2. The zero-order valence-electron chi connectivity index (χ0n) is 15.5. The second-order valence-corrected chi connectivity index (χ2v) is 7.52. The van der Waals surface area contributed by atoms with Gasteiger partial charge < -0.3 is 10.2 Å². The number of benzene rings is 1. The van der Waals surface area contributed by atoms with Crippen molar-refractivity contribution < 1.29 is 9.59 Å². The summed E-state index contributed by atoms with van der Waals surface area (Å²) in [5, 5.41) is 3.06. The molecule has 1 N–H and O–H groups in total. The molecule has 25 heavy (non-hydrogen) atoms. The largest absolute Gasteiger partial charge is 0.340 e. The van der Waals surface area contributed by atoms with Crippen LogP contribution in [0.1, 0.15) is 38.3 Å². The highest BCUT2D eigenvalue weighted by molar-refractivity contribution is 5.94. The summed E-state index contributed by atoms with van der Waals surface area (Å²) >= 11 is 0. The predicted octanol–water partition coefficient (Wildman–Crippen LogP) is 2.30. The summed E-state index contributed by atoms with van der Waals surface area (Å²) in [7, 11) is 0. The maximum atomic E-state index is 12.6. The molecule has 1 aliphatic heterocycles. The summed E-state index contributed by atoms with van der Waals surface area (Å²) in [4.78, 5) is 28.7. The van der Waals surface area contributed by atoms with Crippen LogP contribution in [0.5, 0.6) is 0 Å². The molecule has 1 aromatic rings. The van der Waals surface area contributed by atoms with Crippen LogP contribution in [-0.4, -0.2) is 53.8 Å². The van der Waals surface area contributed by atoms with Gasteiger partial charge in [0.15, 0.2) is 0 Å². The number of hydrogen-bond donors (Lipinski definition) is 1. The molecule has 0 spiro atoms. The Hall–Kier alpha value is -1.88. The van der Waals surface area contributed by atoms with Gasteiger partial charge in [0.05, 0.1) is 6.04 Å². The van der Waals surface area contributed by atoms with Crippen LogP contribution in [0.4, 0.5) is 5.69 Å². The van der Waals surface area contributed by atoms with Crippen molar-refractivity contribution in [3.63, 3.8) is 0 Å². The fraction of sp³-hybridized carbons (Fsp3) is 0.600. The quantitative estimate of drug-likeness (QED) is 0.913. The number of piperazine rings is 1. The van der Waals surface area contributed by atoms with E-state index >= 15 is 0 Å². The zero-order valence-corrected chi connectivity index (χ0v) is 15.5. The minimum Gasteiger partial charge on any atom is -0.340 e. The van der Waals surface area contributed by atoms with E-state index in [9.17, 15) is 9.59 Å². The average molecular weight is 343 g/mol. The molecule has 5 heteroatoms. The van der Waals surface area contributed by atoms with Crippen LogP contribution in [0.25, 0.3) is 0 Å². The molecule has 5 nitrogen and oxygen atoms in total. The highest BCUT2D eigenvalue weighted by Crippen LogP contribution is 2.25. The molecule has 136 valence electrons. The molecule has 1 aliphatic carbocycles. The summed E-state index contributed by atoms with van der Waals surface area (Å²) in [6.07, 6.45) is 3.47. The first-order valence-corrected chi connectivity index (χ1v) is 9.41. The Labute approximate surface area is 150 Å². The SMILES string of the molecule is CC(C)C(=O)N1CCN(C(C)C(=O)Nc2ccc3c(c2)CCC3)CC1. The number of nitrogens with zero attached hydrogens (tertiary/aromatic N) is 2. The third-order valence-electron chi connectivity index (χ3n) is 5.41. The highest BCUT2D eigenvalue weighted by atomic mass is 16.2. The van der Waals surface area contributed by atoms with Crippen LogP contribution in [0.2, 0.25) is 0 Å². The van der Waals surface area contributed by atoms with Crippen molar-refractivity contribution in [3.05, 3.63) is 29.3 Å². The van der Waals surface area contributed by atoms with E-state index in [1.54, 1.807) is 0 Å². The van der Waals surface area contributed by atoms with Gasteiger partial charge in [0.2, 0.25) is 11.8 Å². The number of amides is 2. The normalized spacial score (nSPS) is 19.0. The summed E-state index contributed by atoms with van der Waals surface area (Å²) in [5.41, 5.74) is 3.68. The first kappa shape index (κ1) is 17.9. The van der Waals surface area contributed by atoms with Crippen LogP contribution >= 0.6 is 0 Å².